The van der Waals surface area contributed by atoms with Crippen molar-refractivity contribution in [2.24, 2.45) is 5.92 Å². The molecule has 0 bridgehead atoms. The fourth-order valence-corrected chi connectivity index (χ4v) is 2.24. The molecule has 0 aromatic carbocycles. The molecule has 0 aliphatic rings. The van der Waals surface area contributed by atoms with Crippen molar-refractivity contribution in [3.63, 3.8) is 0 Å². The molecule has 5 heteroatoms. The van der Waals surface area contributed by atoms with Crippen LogP contribution in [0.25, 0.3) is 0 Å². The number of hydrogen-bond acceptors (Lipinski definition) is 3. The minimum absolute atomic E-state index is 0.178. The van der Waals surface area contributed by atoms with Gasteiger partial charge in [-0.2, -0.15) is 5.26 Å². The van der Waals surface area contributed by atoms with Gasteiger partial charge in [0.05, 0.1) is 11.8 Å². The van der Waals surface area contributed by atoms with E-state index in [0.717, 1.165) is 0 Å². The van der Waals surface area contributed by atoms with Gasteiger partial charge in [0.25, 0.3) is 0 Å². The largest absolute Gasteiger partial charge is 0.215 e. The van der Waals surface area contributed by atoms with Gasteiger partial charge in [-0.15, -0.1) is 0 Å². The lowest BCUT2D eigenvalue weighted by Gasteiger charge is -2.07. The zero-order chi connectivity index (χ0) is 11.0. The van der Waals surface area contributed by atoms with E-state index in [0.29, 0.717) is 31.7 Å². The van der Waals surface area contributed by atoms with Crippen LogP contribution < -0.4 is 4.72 Å². The average molecular weight is 218 g/mol. The van der Waals surface area contributed by atoms with Gasteiger partial charge in [-0.05, 0) is 18.8 Å². The van der Waals surface area contributed by atoms with Gasteiger partial charge in [-0.3, -0.25) is 0 Å². The zero-order valence-electron chi connectivity index (χ0n) is 8.78. The van der Waals surface area contributed by atoms with Gasteiger partial charge >= 0.3 is 0 Å². The molecule has 0 atom stereocenters. The van der Waals surface area contributed by atoms with Crippen molar-refractivity contribution < 1.29 is 8.42 Å². The first kappa shape index (κ1) is 13.4. The van der Waals surface area contributed by atoms with Gasteiger partial charge in [0.1, 0.15) is 0 Å². The maximum atomic E-state index is 11.3. The molecule has 0 aromatic rings. The molecule has 0 heterocycles. The van der Waals surface area contributed by atoms with Crippen molar-refractivity contribution in [2.75, 3.05) is 12.3 Å². The Morgan fingerprint density at radius 1 is 1.43 bits per heavy atom. The molecule has 0 aliphatic carbocycles. The van der Waals surface area contributed by atoms with E-state index >= 15 is 0 Å². The lowest BCUT2D eigenvalue weighted by atomic mass is 10.2. The molecule has 0 spiro atoms. The molecule has 82 valence electrons. The Hall–Kier alpha value is -0.600. The van der Waals surface area contributed by atoms with Crippen molar-refractivity contribution in [3.8, 4) is 6.07 Å². The van der Waals surface area contributed by atoms with Crippen LogP contribution in [-0.4, -0.2) is 20.7 Å². The predicted molar refractivity (Wildman–Crippen MR) is 56.1 cm³/mol. The average Bonchev–Trinajstić information content (AvgIpc) is 2.10. The highest BCUT2D eigenvalue weighted by molar-refractivity contribution is 7.89. The highest BCUT2D eigenvalue weighted by Gasteiger charge is 2.09. The highest BCUT2D eigenvalue weighted by Crippen LogP contribution is 2.01. The normalized spacial score (nSPS) is 11.6. The molecule has 0 amide bonds. The van der Waals surface area contributed by atoms with Crippen LogP contribution in [0.5, 0.6) is 0 Å². The van der Waals surface area contributed by atoms with Crippen molar-refractivity contribution in [3.05, 3.63) is 0 Å². The number of rotatable bonds is 7. The predicted octanol–water partition coefficient (Wildman–Crippen LogP) is 1.26. The van der Waals surface area contributed by atoms with Crippen LogP contribution in [0, 0.1) is 17.2 Å². The van der Waals surface area contributed by atoms with Gasteiger partial charge in [-0.25, -0.2) is 13.1 Å². The number of nitrogens with zero attached hydrogens (tertiary/aromatic N) is 1. The van der Waals surface area contributed by atoms with E-state index in [1.165, 1.54) is 0 Å². The van der Waals surface area contributed by atoms with Crippen molar-refractivity contribution in [2.45, 2.75) is 33.1 Å². The quantitative estimate of drug-likeness (QED) is 0.654. The molecule has 0 fully saturated rings. The topological polar surface area (TPSA) is 70.0 Å². The van der Waals surface area contributed by atoms with Crippen LogP contribution >= 0.6 is 0 Å². The van der Waals surface area contributed by atoms with Crippen molar-refractivity contribution in [1.29, 1.82) is 5.26 Å². The second-order valence-electron chi connectivity index (χ2n) is 3.66. The molecule has 0 aromatic heterocycles. The van der Waals surface area contributed by atoms with Crippen molar-refractivity contribution in [1.82, 2.24) is 4.72 Å². The van der Waals surface area contributed by atoms with E-state index in [-0.39, 0.29) is 5.75 Å². The molecule has 0 unspecified atom stereocenters. The van der Waals surface area contributed by atoms with E-state index in [4.69, 9.17) is 5.26 Å². The van der Waals surface area contributed by atoms with Crippen LogP contribution in [-0.2, 0) is 10.0 Å². The third-order valence-electron chi connectivity index (χ3n) is 1.75. The molecule has 14 heavy (non-hydrogen) atoms. The molecule has 4 nitrogen and oxygen atoms in total. The Labute approximate surface area is 86.4 Å². The van der Waals surface area contributed by atoms with E-state index in [1.54, 1.807) is 0 Å². The first-order valence-corrected chi connectivity index (χ1v) is 6.47. The van der Waals surface area contributed by atoms with E-state index in [2.05, 4.69) is 4.72 Å². The summed E-state index contributed by atoms with van der Waals surface area (Å²) in [7, 11) is -3.12. The number of sulfonamides is 1. The summed E-state index contributed by atoms with van der Waals surface area (Å²) < 4.78 is 25.1. The summed E-state index contributed by atoms with van der Waals surface area (Å²) in [6, 6.07) is 1.97. The van der Waals surface area contributed by atoms with Crippen LogP contribution in [0.1, 0.15) is 33.1 Å². The lowest BCUT2D eigenvalue weighted by Crippen LogP contribution is -2.27. The summed E-state index contributed by atoms with van der Waals surface area (Å²) in [6.45, 7) is 4.35. The fourth-order valence-electron chi connectivity index (χ4n) is 0.858. The minimum atomic E-state index is -3.12. The summed E-state index contributed by atoms with van der Waals surface area (Å²) in [6.07, 6.45) is 1.65. The molecular weight excluding hydrogens is 200 g/mol. The third kappa shape index (κ3) is 8.02. The Balaban J connectivity index is 3.69. The van der Waals surface area contributed by atoms with E-state index in [1.807, 2.05) is 19.9 Å². The summed E-state index contributed by atoms with van der Waals surface area (Å²) in [4.78, 5) is 0. The first-order valence-electron chi connectivity index (χ1n) is 4.82. The number of unbranched alkanes of at least 4 members (excludes halogenated alkanes) is 1. The van der Waals surface area contributed by atoms with Gasteiger partial charge in [0.15, 0.2) is 0 Å². The highest BCUT2D eigenvalue weighted by atomic mass is 32.2. The number of nitrogens with one attached hydrogen (secondary N) is 1. The van der Waals surface area contributed by atoms with Crippen LogP contribution in [0.4, 0.5) is 0 Å². The molecule has 0 saturated heterocycles. The molecule has 0 radical (unpaired) electrons. The monoisotopic (exact) mass is 218 g/mol. The standard InChI is InChI=1S/C9H18N2O2S/c1-9(2)5-8-14(12,13)11-7-4-3-6-10/h9,11H,3-5,7-8H2,1-2H3. The Bertz CT molecular complexity index is 278. The van der Waals surface area contributed by atoms with Crippen LogP contribution in [0.2, 0.25) is 0 Å². The summed E-state index contributed by atoms with van der Waals surface area (Å²) in [5, 5.41) is 8.24. The molecule has 0 saturated carbocycles. The summed E-state index contributed by atoms with van der Waals surface area (Å²) in [5.41, 5.74) is 0. The zero-order valence-corrected chi connectivity index (χ0v) is 9.60. The van der Waals surface area contributed by atoms with Gasteiger partial charge < -0.3 is 0 Å². The molecule has 1 N–H and O–H groups in total. The summed E-state index contributed by atoms with van der Waals surface area (Å²) >= 11 is 0. The summed E-state index contributed by atoms with van der Waals surface area (Å²) in [5.74, 6) is 0.572. The Morgan fingerprint density at radius 2 is 2.07 bits per heavy atom. The van der Waals surface area contributed by atoms with Gasteiger partial charge in [-0.1, -0.05) is 13.8 Å². The maximum absolute atomic E-state index is 11.3. The van der Waals surface area contributed by atoms with Gasteiger partial charge in [0.2, 0.25) is 10.0 Å². The van der Waals surface area contributed by atoms with E-state index in [9.17, 15) is 8.42 Å². The van der Waals surface area contributed by atoms with Crippen molar-refractivity contribution >= 4 is 10.0 Å². The lowest BCUT2D eigenvalue weighted by molar-refractivity contribution is 0.560. The molecule has 0 rings (SSSR count). The molecular formula is C9H18N2O2S. The smallest absolute Gasteiger partial charge is 0.211 e. The second-order valence-corrected chi connectivity index (χ2v) is 5.58. The molecule has 0 aliphatic heterocycles. The Kier molecular flexibility index (Phi) is 6.50. The SMILES string of the molecule is CC(C)CCS(=O)(=O)NCCCC#N. The fraction of sp³-hybridized carbons (Fsp3) is 0.889. The Morgan fingerprint density at radius 3 is 2.57 bits per heavy atom. The van der Waals surface area contributed by atoms with E-state index < -0.39 is 10.0 Å². The minimum Gasteiger partial charge on any atom is -0.215 e. The third-order valence-corrected chi connectivity index (χ3v) is 3.17. The second kappa shape index (κ2) is 6.80. The first-order chi connectivity index (χ1) is 6.48. The number of hydrogen-bond donors (Lipinski definition) is 1. The number of nitriles is 1. The van der Waals surface area contributed by atoms with Crippen LogP contribution in [0.15, 0.2) is 0 Å². The van der Waals surface area contributed by atoms with Crippen LogP contribution in [0.3, 0.4) is 0 Å². The van der Waals surface area contributed by atoms with Gasteiger partial charge in [0, 0.05) is 13.0 Å². The maximum Gasteiger partial charge on any atom is 0.211 e.